The second kappa shape index (κ2) is 5.14. The van der Waals surface area contributed by atoms with E-state index in [2.05, 4.69) is 0 Å². The summed E-state index contributed by atoms with van der Waals surface area (Å²) in [5.74, 6) is -0.269. The number of epoxide rings is 1. The molecule has 1 saturated heterocycles. The Labute approximate surface area is 118 Å². The van der Waals surface area contributed by atoms with Gasteiger partial charge in [0.25, 0.3) is 0 Å². The van der Waals surface area contributed by atoms with E-state index in [-0.39, 0.29) is 5.97 Å². The normalized spacial score (nSPS) is 29.1. The van der Waals surface area contributed by atoms with Crippen molar-refractivity contribution in [2.75, 3.05) is 6.61 Å². The van der Waals surface area contributed by atoms with Crippen LogP contribution in [0, 0.1) is 0 Å². The first kappa shape index (κ1) is 14.4. The molecule has 1 fully saturated rings. The maximum atomic E-state index is 12.2. The molecule has 1 aliphatic rings. The average Bonchev–Trinajstić information content (AvgIpc) is 3.11. The zero-order valence-electron chi connectivity index (χ0n) is 11.5. The van der Waals surface area contributed by atoms with Crippen LogP contribution >= 0.6 is 11.6 Å². The molecule has 4 heteroatoms. The summed E-state index contributed by atoms with van der Waals surface area (Å²) in [4.78, 5) is 12.2. The van der Waals surface area contributed by atoms with Crippen molar-refractivity contribution in [1.29, 1.82) is 0 Å². The van der Waals surface area contributed by atoms with Crippen LogP contribution in [0.4, 0.5) is 0 Å². The van der Waals surface area contributed by atoms with Gasteiger partial charge in [-0.05, 0) is 37.5 Å². The Bertz CT molecular complexity index is 471. The van der Waals surface area contributed by atoms with Gasteiger partial charge in [-0.2, -0.15) is 0 Å². The molecule has 1 aromatic carbocycles. The molecule has 2 unspecified atom stereocenters. The maximum Gasteiger partial charge on any atom is 0.341 e. The summed E-state index contributed by atoms with van der Waals surface area (Å²) in [5, 5.41) is 0.675. The van der Waals surface area contributed by atoms with Crippen LogP contribution in [0.15, 0.2) is 24.3 Å². The quantitative estimate of drug-likeness (QED) is 0.611. The molecule has 0 amide bonds. The van der Waals surface area contributed by atoms with Gasteiger partial charge >= 0.3 is 5.97 Å². The van der Waals surface area contributed by atoms with E-state index in [1.54, 1.807) is 6.92 Å². The van der Waals surface area contributed by atoms with E-state index < -0.39 is 11.2 Å². The van der Waals surface area contributed by atoms with Gasteiger partial charge in [-0.15, -0.1) is 0 Å². The Kier molecular flexibility index (Phi) is 3.88. The van der Waals surface area contributed by atoms with Crippen molar-refractivity contribution in [1.82, 2.24) is 0 Å². The number of esters is 1. The molecule has 1 aliphatic heterocycles. The molecule has 2 rings (SSSR count). The van der Waals surface area contributed by atoms with Crippen LogP contribution in [0.3, 0.4) is 0 Å². The lowest BCUT2D eigenvalue weighted by atomic mass is 9.82. The van der Waals surface area contributed by atoms with Crippen LogP contribution in [0.5, 0.6) is 0 Å². The Hall–Kier alpha value is -1.06. The van der Waals surface area contributed by atoms with Gasteiger partial charge in [-0.1, -0.05) is 37.6 Å². The van der Waals surface area contributed by atoms with Gasteiger partial charge in [0.05, 0.1) is 6.61 Å². The Balaban J connectivity index is 2.36. The van der Waals surface area contributed by atoms with Gasteiger partial charge in [0.1, 0.15) is 5.60 Å². The molecule has 0 bridgehead atoms. The monoisotopic (exact) mass is 282 g/mol. The number of hydrogen-bond donors (Lipinski definition) is 0. The molecule has 19 heavy (non-hydrogen) atoms. The van der Waals surface area contributed by atoms with Crippen molar-refractivity contribution in [3.05, 3.63) is 34.9 Å². The highest BCUT2D eigenvalue weighted by Gasteiger charge is 2.74. The number of carbonyl (C=O) groups is 1. The van der Waals surface area contributed by atoms with Gasteiger partial charge in [0.2, 0.25) is 0 Å². The zero-order chi connectivity index (χ0) is 14.1. The van der Waals surface area contributed by atoms with Gasteiger partial charge < -0.3 is 9.47 Å². The fourth-order valence-electron chi connectivity index (χ4n) is 2.80. The first-order valence-corrected chi connectivity index (χ1v) is 7.07. The highest BCUT2D eigenvalue weighted by Crippen LogP contribution is 2.60. The van der Waals surface area contributed by atoms with Crippen LogP contribution in [0.25, 0.3) is 0 Å². The molecular formula is C15H19ClO3. The van der Waals surface area contributed by atoms with Gasteiger partial charge in [-0.25, -0.2) is 4.79 Å². The number of carbonyl (C=O) groups excluding carboxylic acids is 1. The Morgan fingerprint density at radius 2 is 1.84 bits per heavy atom. The molecule has 1 aromatic rings. The van der Waals surface area contributed by atoms with Crippen molar-refractivity contribution in [2.45, 2.75) is 44.8 Å². The minimum absolute atomic E-state index is 0.269. The molecule has 104 valence electrons. The van der Waals surface area contributed by atoms with E-state index in [9.17, 15) is 4.79 Å². The van der Waals surface area contributed by atoms with Gasteiger partial charge in [0, 0.05) is 5.02 Å². The standard InChI is InChI=1S/C15H19ClO3/c1-4-14(11-7-9-12(16)10-8-11)15(5-2,19-14)13(17)18-6-3/h7-10H,4-6H2,1-3H3. The van der Waals surface area contributed by atoms with Crippen LogP contribution in [-0.2, 0) is 19.9 Å². The lowest BCUT2D eigenvalue weighted by Gasteiger charge is -2.17. The van der Waals surface area contributed by atoms with Gasteiger partial charge in [-0.3, -0.25) is 0 Å². The lowest BCUT2D eigenvalue weighted by Crippen LogP contribution is -2.34. The average molecular weight is 283 g/mol. The van der Waals surface area contributed by atoms with Crippen molar-refractivity contribution in [2.24, 2.45) is 0 Å². The predicted octanol–water partition coefficient (Wildman–Crippen LogP) is 3.69. The van der Waals surface area contributed by atoms with E-state index in [0.717, 1.165) is 12.0 Å². The summed E-state index contributed by atoms with van der Waals surface area (Å²) in [5.41, 5.74) is -0.432. The highest BCUT2D eigenvalue weighted by atomic mass is 35.5. The third kappa shape index (κ3) is 2.05. The summed E-state index contributed by atoms with van der Waals surface area (Å²) in [6.45, 7) is 6.14. The molecule has 0 saturated carbocycles. The van der Waals surface area contributed by atoms with E-state index in [0.29, 0.717) is 18.1 Å². The fraction of sp³-hybridized carbons (Fsp3) is 0.533. The van der Waals surface area contributed by atoms with E-state index in [1.807, 2.05) is 38.1 Å². The Morgan fingerprint density at radius 3 is 2.32 bits per heavy atom. The second-order valence-electron chi connectivity index (χ2n) is 4.69. The van der Waals surface area contributed by atoms with Gasteiger partial charge in [0.15, 0.2) is 5.60 Å². The van der Waals surface area contributed by atoms with Crippen molar-refractivity contribution >= 4 is 17.6 Å². The van der Waals surface area contributed by atoms with Crippen molar-refractivity contribution in [3.63, 3.8) is 0 Å². The third-order valence-electron chi connectivity index (χ3n) is 3.87. The van der Waals surface area contributed by atoms with E-state index >= 15 is 0 Å². The molecular weight excluding hydrogens is 264 g/mol. The van der Waals surface area contributed by atoms with Crippen LogP contribution in [-0.4, -0.2) is 18.2 Å². The summed E-state index contributed by atoms with van der Waals surface area (Å²) in [6, 6.07) is 7.48. The number of ether oxygens (including phenoxy) is 2. The fourth-order valence-corrected chi connectivity index (χ4v) is 2.93. The van der Waals surface area contributed by atoms with E-state index in [4.69, 9.17) is 21.1 Å². The number of rotatable bonds is 5. The number of hydrogen-bond acceptors (Lipinski definition) is 3. The molecule has 1 heterocycles. The minimum atomic E-state index is -0.842. The van der Waals surface area contributed by atoms with Crippen molar-refractivity contribution in [3.8, 4) is 0 Å². The summed E-state index contributed by atoms with van der Waals surface area (Å²) in [6.07, 6.45) is 1.32. The molecule has 3 nitrogen and oxygen atoms in total. The summed E-state index contributed by atoms with van der Waals surface area (Å²) in [7, 11) is 0. The zero-order valence-corrected chi connectivity index (χ0v) is 12.3. The topological polar surface area (TPSA) is 38.8 Å². The number of halogens is 1. The summed E-state index contributed by atoms with van der Waals surface area (Å²) >= 11 is 5.91. The predicted molar refractivity (Wildman–Crippen MR) is 74.2 cm³/mol. The SMILES string of the molecule is CCOC(=O)C1(CC)OC1(CC)c1ccc(Cl)cc1. The Morgan fingerprint density at radius 1 is 1.21 bits per heavy atom. The molecule has 0 spiro atoms. The summed E-state index contributed by atoms with van der Waals surface area (Å²) < 4.78 is 11.1. The molecule has 0 radical (unpaired) electrons. The van der Waals surface area contributed by atoms with Crippen molar-refractivity contribution < 1.29 is 14.3 Å². The highest BCUT2D eigenvalue weighted by molar-refractivity contribution is 6.30. The maximum absolute atomic E-state index is 12.2. The van der Waals surface area contributed by atoms with Crippen LogP contribution in [0.1, 0.15) is 39.2 Å². The molecule has 0 N–H and O–H groups in total. The molecule has 2 atom stereocenters. The van der Waals surface area contributed by atoms with E-state index in [1.165, 1.54) is 0 Å². The lowest BCUT2D eigenvalue weighted by molar-refractivity contribution is -0.149. The number of benzene rings is 1. The van der Waals surface area contributed by atoms with Crippen LogP contribution in [0.2, 0.25) is 5.02 Å². The smallest absolute Gasteiger partial charge is 0.341 e. The first-order chi connectivity index (χ1) is 9.06. The molecule has 0 aliphatic carbocycles. The third-order valence-corrected chi connectivity index (χ3v) is 4.12. The largest absolute Gasteiger partial charge is 0.464 e. The second-order valence-corrected chi connectivity index (χ2v) is 5.13. The molecule has 0 aromatic heterocycles. The van der Waals surface area contributed by atoms with Crippen LogP contribution < -0.4 is 0 Å². The first-order valence-electron chi connectivity index (χ1n) is 6.69. The minimum Gasteiger partial charge on any atom is -0.464 e.